The molecule has 1 N–H and O–H groups in total. The summed E-state index contributed by atoms with van der Waals surface area (Å²) in [7, 11) is 0. The van der Waals surface area contributed by atoms with Gasteiger partial charge in [-0.15, -0.1) is 0 Å². The summed E-state index contributed by atoms with van der Waals surface area (Å²) in [5.74, 6) is 0.0682. The lowest BCUT2D eigenvalue weighted by Gasteiger charge is -2.36. The van der Waals surface area contributed by atoms with Crippen molar-refractivity contribution in [1.29, 1.82) is 0 Å². The lowest BCUT2D eigenvalue weighted by molar-refractivity contribution is 0.0347. The summed E-state index contributed by atoms with van der Waals surface area (Å²) < 4.78 is 5.80. The average molecular weight is 365 g/mol. The second-order valence-corrected chi connectivity index (χ2v) is 7.69. The van der Waals surface area contributed by atoms with E-state index in [0.29, 0.717) is 13.2 Å². The van der Waals surface area contributed by atoms with Gasteiger partial charge in [0.1, 0.15) is 6.61 Å². The van der Waals surface area contributed by atoms with Gasteiger partial charge in [-0.25, -0.2) is 4.79 Å². The van der Waals surface area contributed by atoms with E-state index in [1.165, 1.54) is 22.3 Å². The fourth-order valence-corrected chi connectivity index (χ4v) is 4.86. The van der Waals surface area contributed by atoms with Gasteiger partial charge in [0, 0.05) is 12.5 Å². The standard InChI is InChI=1S/C23H27NO3/c1-2-12-23(16-25)13-7-14-24(23)22(26)27-15-21-19-10-5-3-8-17(19)18-9-4-6-11-20(18)21/h3-6,8-11,21,25H,2,7,12-16H2,1H3. The number of aliphatic hydroxyl groups is 1. The number of fused-ring (bicyclic) bond motifs is 3. The number of hydrogen-bond donors (Lipinski definition) is 1. The third-order valence-corrected chi connectivity index (χ3v) is 6.16. The van der Waals surface area contributed by atoms with Gasteiger partial charge in [-0.2, -0.15) is 0 Å². The second kappa shape index (κ2) is 7.35. The van der Waals surface area contributed by atoms with Crippen LogP contribution in [-0.2, 0) is 4.74 Å². The molecule has 27 heavy (non-hydrogen) atoms. The molecule has 0 spiro atoms. The summed E-state index contributed by atoms with van der Waals surface area (Å²) in [5, 5.41) is 9.96. The topological polar surface area (TPSA) is 49.8 Å². The number of carbonyl (C=O) groups is 1. The van der Waals surface area contributed by atoms with Gasteiger partial charge in [-0.3, -0.25) is 0 Å². The highest BCUT2D eigenvalue weighted by atomic mass is 16.6. The van der Waals surface area contributed by atoms with Gasteiger partial charge in [0.05, 0.1) is 12.1 Å². The lowest BCUT2D eigenvalue weighted by atomic mass is 9.92. The molecule has 1 saturated heterocycles. The van der Waals surface area contributed by atoms with Crippen molar-refractivity contribution >= 4 is 6.09 Å². The smallest absolute Gasteiger partial charge is 0.410 e. The van der Waals surface area contributed by atoms with Crippen LogP contribution in [0.15, 0.2) is 48.5 Å². The van der Waals surface area contributed by atoms with Crippen molar-refractivity contribution in [3.05, 3.63) is 59.7 Å². The number of rotatable bonds is 5. The van der Waals surface area contributed by atoms with E-state index in [9.17, 15) is 9.90 Å². The Morgan fingerprint density at radius 2 is 1.78 bits per heavy atom. The van der Waals surface area contributed by atoms with Gasteiger partial charge in [0.25, 0.3) is 0 Å². The zero-order valence-corrected chi connectivity index (χ0v) is 15.9. The summed E-state index contributed by atoms with van der Waals surface area (Å²) in [5.41, 5.74) is 4.44. The third kappa shape index (κ3) is 3.02. The van der Waals surface area contributed by atoms with E-state index in [2.05, 4.69) is 43.3 Å². The molecule has 1 heterocycles. The van der Waals surface area contributed by atoms with Crippen molar-refractivity contribution in [3.63, 3.8) is 0 Å². The second-order valence-electron chi connectivity index (χ2n) is 7.69. The van der Waals surface area contributed by atoms with Crippen LogP contribution in [0, 0.1) is 0 Å². The molecule has 2 aromatic rings. The maximum Gasteiger partial charge on any atom is 0.410 e. The first-order valence-electron chi connectivity index (χ1n) is 9.93. The highest BCUT2D eigenvalue weighted by Gasteiger charge is 2.43. The zero-order chi connectivity index (χ0) is 18.9. The van der Waals surface area contributed by atoms with Gasteiger partial charge in [0.2, 0.25) is 0 Å². The number of nitrogens with zero attached hydrogens (tertiary/aromatic N) is 1. The van der Waals surface area contributed by atoms with E-state index < -0.39 is 5.54 Å². The SMILES string of the molecule is CCCC1(CO)CCCN1C(=O)OCC1c2ccccc2-c2ccccc21. The molecule has 1 aliphatic carbocycles. The lowest BCUT2D eigenvalue weighted by Crippen LogP contribution is -2.50. The van der Waals surface area contributed by atoms with E-state index in [1.807, 2.05) is 12.1 Å². The van der Waals surface area contributed by atoms with Gasteiger partial charge in [-0.1, -0.05) is 61.9 Å². The maximum absolute atomic E-state index is 12.9. The van der Waals surface area contributed by atoms with Crippen molar-refractivity contribution in [2.75, 3.05) is 19.8 Å². The predicted octanol–water partition coefficient (Wildman–Crippen LogP) is 4.56. The van der Waals surface area contributed by atoms with Crippen LogP contribution in [0.25, 0.3) is 11.1 Å². The number of hydrogen-bond acceptors (Lipinski definition) is 3. The number of likely N-dealkylation sites (tertiary alicyclic amines) is 1. The molecule has 4 rings (SSSR count). The molecule has 4 heteroatoms. The Labute approximate surface area is 160 Å². The summed E-state index contributed by atoms with van der Waals surface area (Å²) in [6.07, 6.45) is 3.23. The Hall–Kier alpha value is -2.33. The molecule has 1 aliphatic heterocycles. The molecule has 1 fully saturated rings. The molecule has 0 aromatic heterocycles. The molecule has 142 valence electrons. The first-order valence-corrected chi connectivity index (χ1v) is 9.93. The molecule has 1 unspecified atom stereocenters. The van der Waals surface area contributed by atoms with Crippen LogP contribution >= 0.6 is 0 Å². The molecular weight excluding hydrogens is 338 g/mol. The molecule has 4 nitrogen and oxygen atoms in total. The number of ether oxygens (including phenoxy) is 1. The molecule has 0 saturated carbocycles. The predicted molar refractivity (Wildman–Crippen MR) is 106 cm³/mol. The van der Waals surface area contributed by atoms with Crippen LogP contribution in [0.1, 0.15) is 49.7 Å². The number of carbonyl (C=O) groups excluding carboxylic acids is 1. The molecule has 1 amide bonds. The van der Waals surface area contributed by atoms with E-state index in [4.69, 9.17) is 4.74 Å². The van der Waals surface area contributed by atoms with Crippen molar-refractivity contribution in [3.8, 4) is 11.1 Å². The molecule has 2 aliphatic rings. The minimum absolute atomic E-state index is 0.00500. The average Bonchev–Trinajstić information content (AvgIpc) is 3.26. The van der Waals surface area contributed by atoms with E-state index in [-0.39, 0.29) is 18.6 Å². The first-order chi connectivity index (χ1) is 13.2. The van der Waals surface area contributed by atoms with Crippen molar-refractivity contribution < 1.29 is 14.6 Å². The monoisotopic (exact) mass is 365 g/mol. The fourth-order valence-electron chi connectivity index (χ4n) is 4.86. The van der Waals surface area contributed by atoms with Crippen molar-refractivity contribution in [1.82, 2.24) is 4.90 Å². The molecule has 0 radical (unpaired) electrons. The Morgan fingerprint density at radius 3 is 2.37 bits per heavy atom. The highest BCUT2D eigenvalue weighted by molar-refractivity contribution is 5.79. The number of aliphatic hydroxyl groups excluding tert-OH is 1. The molecule has 0 bridgehead atoms. The van der Waals surface area contributed by atoms with E-state index in [1.54, 1.807) is 4.90 Å². The Balaban J connectivity index is 1.53. The summed E-state index contributed by atoms with van der Waals surface area (Å²) in [6.45, 7) is 3.09. The minimum Gasteiger partial charge on any atom is -0.448 e. The van der Waals surface area contributed by atoms with Crippen LogP contribution in [-0.4, -0.2) is 41.4 Å². The van der Waals surface area contributed by atoms with E-state index in [0.717, 1.165) is 25.7 Å². The molecule has 2 aromatic carbocycles. The summed E-state index contributed by atoms with van der Waals surface area (Å²) >= 11 is 0. The van der Waals surface area contributed by atoms with E-state index >= 15 is 0 Å². The third-order valence-electron chi connectivity index (χ3n) is 6.16. The number of amides is 1. The number of benzene rings is 2. The summed E-state index contributed by atoms with van der Waals surface area (Å²) in [6, 6.07) is 16.7. The van der Waals surface area contributed by atoms with Gasteiger partial charge < -0.3 is 14.7 Å². The van der Waals surface area contributed by atoms with Crippen molar-refractivity contribution in [2.24, 2.45) is 0 Å². The zero-order valence-electron chi connectivity index (χ0n) is 15.9. The van der Waals surface area contributed by atoms with Crippen LogP contribution in [0.2, 0.25) is 0 Å². The van der Waals surface area contributed by atoms with Crippen LogP contribution in [0.3, 0.4) is 0 Å². The Morgan fingerprint density at radius 1 is 1.15 bits per heavy atom. The minimum atomic E-state index is -0.447. The maximum atomic E-state index is 12.9. The van der Waals surface area contributed by atoms with Gasteiger partial charge in [-0.05, 0) is 41.5 Å². The largest absolute Gasteiger partial charge is 0.448 e. The molecular formula is C23H27NO3. The molecule has 1 atom stereocenters. The highest BCUT2D eigenvalue weighted by Crippen LogP contribution is 2.44. The Kier molecular flexibility index (Phi) is 4.92. The summed E-state index contributed by atoms with van der Waals surface area (Å²) in [4.78, 5) is 14.6. The van der Waals surface area contributed by atoms with Crippen LogP contribution < -0.4 is 0 Å². The fraction of sp³-hybridized carbons (Fsp3) is 0.435. The normalized spacial score (nSPS) is 21.2. The Bertz CT molecular complexity index is 788. The van der Waals surface area contributed by atoms with Crippen LogP contribution in [0.4, 0.5) is 4.79 Å². The first kappa shape index (κ1) is 18.1. The van der Waals surface area contributed by atoms with Crippen molar-refractivity contribution in [2.45, 2.75) is 44.1 Å². The van der Waals surface area contributed by atoms with Crippen LogP contribution in [0.5, 0.6) is 0 Å². The quantitative estimate of drug-likeness (QED) is 0.845. The van der Waals surface area contributed by atoms with Gasteiger partial charge >= 0.3 is 6.09 Å². The van der Waals surface area contributed by atoms with Gasteiger partial charge in [0.15, 0.2) is 0 Å².